The summed E-state index contributed by atoms with van der Waals surface area (Å²) in [5.41, 5.74) is 7.72. The molecule has 0 saturated heterocycles. The zero-order valence-corrected chi connectivity index (χ0v) is 12.9. The summed E-state index contributed by atoms with van der Waals surface area (Å²) in [6.45, 7) is 5.97. The van der Waals surface area contributed by atoms with Gasteiger partial charge in [-0.15, -0.1) is 0 Å². The van der Waals surface area contributed by atoms with Crippen molar-refractivity contribution in [1.82, 2.24) is 10.1 Å². The predicted octanol–water partition coefficient (Wildman–Crippen LogP) is 3.23. The smallest absolute Gasteiger partial charge is 0.259 e. The summed E-state index contributed by atoms with van der Waals surface area (Å²) in [4.78, 5) is 4.42. The predicted molar refractivity (Wildman–Crippen MR) is 79.0 cm³/mol. The Bertz CT molecular complexity index is 563. The molecule has 96 valence electrons. The summed E-state index contributed by atoms with van der Waals surface area (Å²) >= 11 is 2.29. The van der Waals surface area contributed by atoms with Crippen LogP contribution in [0.2, 0.25) is 0 Å². The number of rotatable bonds is 3. The Labute approximate surface area is 120 Å². The van der Waals surface area contributed by atoms with Gasteiger partial charge < -0.3 is 10.3 Å². The SMILES string of the molecule is CCC(C)(N)c1noc(-c2cccc(C)c2I)n1. The molecule has 1 atom stereocenters. The third kappa shape index (κ3) is 2.42. The van der Waals surface area contributed by atoms with Gasteiger partial charge >= 0.3 is 0 Å². The number of aromatic nitrogens is 2. The van der Waals surface area contributed by atoms with Gasteiger partial charge in [0.25, 0.3) is 5.89 Å². The fourth-order valence-electron chi connectivity index (χ4n) is 1.54. The van der Waals surface area contributed by atoms with Crippen molar-refractivity contribution in [3.8, 4) is 11.5 Å². The van der Waals surface area contributed by atoms with E-state index >= 15 is 0 Å². The van der Waals surface area contributed by atoms with E-state index in [1.165, 1.54) is 5.56 Å². The van der Waals surface area contributed by atoms with Crippen LogP contribution < -0.4 is 5.73 Å². The van der Waals surface area contributed by atoms with Crippen LogP contribution in [0.15, 0.2) is 22.7 Å². The van der Waals surface area contributed by atoms with Gasteiger partial charge in [-0.05, 0) is 54.5 Å². The molecule has 1 aromatic carbocycles. The molecular formula is C13H16IN3O. The Balaban J connectivity index is 2.45. The zero-order valence-electron chi connectivity index (χ0n) is 10.7. The highest BCUT2D eigenvalue weighted by Gasteiger charge is 2.26. The van der Waals surface area contributed by atoms with Crippen LogP contribution in [-0.2, 0) is 5.54 Å². The molecule has 1 unspecified atom stereocenters. The highest BCUT2D eigenvalue weighted by atomic mass is 127. The van der Waals surface area contributed by atoms with Gasteiger partial charge in [0.1, 0.15) is 0 Å². The second-order valence-electron chi connectivity index (χ2n) is 4.63. The standard InChI is InChI=1S/C13H16IN3O/c1-4-13(3,15)12-16-11(18-17-12)9-7-5-6-8(2)10(9)14/h5-7H,4,15H2,1-3H3. The Hall–Kier alpha value is -0.950. The van der Waals surface area contributed by atoms with Gasteiger partial charge in [-0.3, -0.25) is 0 Å². The first-order valence-electron chi connectivity index (χ1n) is 5.84. The van der Waals surface area contributed by atoms with Crippen LogP contribution in [-0.4, -0.2) is 10.1 Å². The first-order chi connectivity index (χ1) is 8.45. The first kappa shape index (κ1) is 13.5. The number of nitrogens with two attached hydrogens (primary N) is 1. The lowest BCUT2D eigenvalue weighted by Gasteiger charge is -2.16. The molecule has 0 fully saturated rings. The summed E-state index contributed by atoms with van der Waals surface area (Å²) in [6, 6.07) is 6.02. The highest BCUT2D eigenvalue weighted by Crippen LogP contribution is 2.28. The van der Waals surface area contributed by atoms with E-state index in [1.807, 2.05) is 26.0 Å². The van der Waals surface area contributed by atoms with Gasteiger partial charge in [0, 0.05) is 3.57 Å². The van der Waals surface area contributed by atoms with Crippen LogP contribution >= 0.6 is 22.6 Å². The minimum absolute atomic E-state index is 0.531. The number of hydrogen-bond donors (Lipinski definition) is 1. The zero-order chi connectivity index (χ0) is 13.3. The molecule has 0 amide bonds. The normalized spacial score (nSPS) is 14.5. The molecule has 1 heterocycles. The number of benzene rings is 1. The van der Waals surface area contributed by atoms with Crippen molar-refractivity contribution < 1.29 is 4.52 Å². The fourth-order valence-corrected chi connectivity index (χ4v) is 2.13. The Kier molecular flexibility index (Phi) is 3.72. The fraction of sp³-hybridized carbons (Fsp3) is 0.385. The van der Waals surface area contributed by atoms with E-state index in [1.54, 1.807) is 0 Å². The molecule has 0 spiro atoms. The molecule has 5 heteroatoms. The van der Waals surface area contributed by atoms with Gasteiger partial charge in [-0.1, -0.05) is 24.2 Å². The second kappa shape index (κ2) is 4.97. The Morgan fingerprint density at radius 1 is 1.44 bits per heavy atom. The van der Waals surface area contributed by atoms with E-state index < -0.39 is 5.54 Å². The lowest BCUT2D eigenvalue weighted by atomic mass is 10.00. The molecule has 0 aliphatic rings. The minimum Gasteiger partial charge on any atom is -0.334 e. The molecule has 2 rings (SSSR count). The van der Waals surface area contributed by atoms with E-state index in [9.17, 15) is 0 Å². The Morgan fingerprint density at radius 3 is 2.83 bits per heavy atom. The lowest BCUT2D eigenvalue weighted by molar-refractivity contribution is 0.379. The van der Waals surface area contributed by atoms with E-state index in [0.29, 0.717) is 11.7 Å². The van der Waals surface area contributed by atoms with Crippen LogP contribution in [0.4, 0.5) is 0 Å². The maximum absolute atomic E-state index is 6.11. The van der Waals surface area contributed by atoms with Gasteiger partial charge in [0.2, 0.25) is 0 Å². The summed E-state index contributed by atoms with van der Waals surface area (Å²) < 4.78 is 6.45. The van der Waals surface area contributed by atoms with E-state index in [-0.39, 0.29) is 0 Å². The molecule has 0 bridgehead atoms. The largest absolute Gasteiger partial charge is 0.334 e. The quantitative estimate of drug-likeness (QED) is 0.857. The number of nitrogens with zero attached hydrogens (tertiary/aromatic N) is 2. The summed E-state index contributed by atoms with van der Waals surface area (Å²) in [5.74, 6) is 1.08. The number of hydrogen-bond acceptors (Lipinski definition) is 4. The average molecular weight is 357 g/mol. The van der Waals surface area contributed by atoms with Crippen molar-refractivity contribution >= 4 is 22.6 Å². The summed E-state index contributed by atoms with van der Waals surface area (Å²) in [7, 11) is 0. The number of aryl methyl sites for hydroxylation is 1. The second-order valence-corrected chi connectivity index (χ2v) is 5.71. The highest BCUT2D eigenvalue weighted by molar-refractivity contribution is 14.1. The van der Waals surface area contributed by atoms with Crippen LogP contribution in [0.3, 0.4) is 0 Å². The Morgan fingerprint density at radius 2 is 2.17 bits per heavy atom. The maximum atomic E-state index is 6.11. The van der Waals surface area contributed by atoms with Crippen LogP contribution in [0.1, 0.15) is 31.7 Å². The van der Waals surface area contributed by atoms with Crippen molar-refractivity contribution in [2.45, 2.75) is 32.7 Å². The monoisotopic (exact) mass is 357 g/mol. The third-order valence-corrected chi connectivity index (χ3v) is 4.53. The molecule has 2 N–H and O–H groups in total. The lowest BCUT2D eigenvalue weighted by Crippen LogP contribution is -2.33. The molecule has 1 aromatic heterocycles. The molecule has 0 saturated carbocycles. The van der Waals surface area contributed by atoms with Crippen molar-refractivity contribution in [2.75, 3.05) is 0 Å². The molecule has 0 aliphatic carbocycles. The van der Waals surface area contributed by atoms with Crippen molar-refractivity contribution in [1.29, 1.82) is 0 Å². The molecule has 0 radical (unpaired) electrons. The van der Waals surface area contributed by atoms with E-state index in [4.69, 9.17) is 10.3 Å². The topological polar surface area (TPSA) is 64.9 Å². The first-order valence-corrected chi connectivity index (χ1v) is 6.92. The van der Waals surface area contributed by atoms with Gasteiger partial charge in [0.15, 0.2) is 5.82 Å². The minimum atomic E-state index is -0.545. The van der Waals surface area contributed by atoms with Gasteiger partial charge in [0.05, 0.1) is 11.1 Å². The summed E-state index contributed by atoms with van der Waals surface area (Å²) in [6.07, 6.45) is 0.761. The third-order valence-electron chi connectivity index (χ3n) is 3.09. The molecular weight excluding hydrogens is 341 g/mol. The van der Waals surface area contributed by atoms with Crippen molar-refractivity contribution in [2.24, 2.45) is 5.73 Å². The van der Waals surface area contributed by atoms with E-state index in [2.05, 4.69) is 45.7 Å². The van der Waals surface area contributed by atoms with Crippen molar-refractivity contribution in [3.63, 3.8) is 0 Å². The van der Waals surface area contributed by atoms with Crippen molar-refractivity contribution in [3.05, 3.63) is 33.2 Å². The van der Waals surface area contributed by atoms with Gasteiger partial charge in [-0.25, -0.2) is 0 Å². The number of halogens is 1. The van der Waals surface area contributed by atoms with E-state index in [0.717, 1.165) is 15.6 Å². The van der Waals surface area contributed by atoms with Crippen LogP contribution in [0.5, 0.6) is 0 Å². The van der Waals surface area contributed by atoms with Gasteiger partial charge in [-0.2, -0.15) is 4.98 Å². The maximum Gasteiger partial charge on any atom is 0.259 e. The van der Waals surface area contributed by atoms with Crippen LogP contribution in [0, 0.1) is 10.5 Å². The molecule has 18 heavy (non-hydrogen) atoms. The molecule has 2 aromatic rings. The van der Waals surface area contributed by atoms with Crippen LogP contribution in [0.25, 0.3) is 11.5 Å². The average Bonchev–Trinajstić information content (AvgIpc) is 2.82. The molecule has 4 nitrogen and oxygen atoms in total. The summed E-state index contributed by atoms with van der Waals surface area (Å²) in [5, 5.41) is 3.99. The molecule has 0 aliphatic heterocycles.